The zero-order valence-corrected chi connectivity index (χ0v) is 16.0. The molecule has 5 rings (SSSR count). The smallest absolute Gasteiger partial charge is 0.0675 e. The highest BCUT2D eigenvalue weighted by Crippen LogP contribution is 2.53. The van der Waals surface area contributed by atoms with Gasteiger partial charge in [-0.1, -0.05) is 85.4 Å². The number of benzene rings is 3. The van der Waals surface area contributed by atoms with Gasteiger partial charge in [-0.15, -0.1) is 0 Å². The van der Waals surface area contributed by atoms with Gasteiger partial charge >= 0.3 is 0 Å². The van der Waals surface area contributed by atoms with Crippen molar-refractivity contribution >= 4 is 19.3 Å². The lowest BCUT2D eigenvalue weighted by molar-refractivity contribution is 1.11. The van der Waals surface area contributed by atoms with Crippen LogP contribution in [-0.2, 0) is 0 Å². The highest BCUT2D eigenvalue weighted by molar-refractivity contribution is 6.95. The molecule has 3 aromatic carbocycles. The average Bonchev–Trinajstić information content (AvgIpc) is 3.06. The van der Waals surface area contributed by atoms with Crippen molar-refractivity contribution in [3.05, 3.63) is 83.4 Å². The molecular weight excluding hydrogens is 316 g/mol. The molecule has 1 heteroatoms. The first-order valence-corrected chi connectivity index (χ1v) is 12.2. The van der Waals surface area contributed by atoms with E-state index in [2.05, 4.69) is 92.8 Å². The predicted octanol–water partition coefficient (Wildman–Crippen LogP) is 5.99. The molecule has 1 heterocycles. The van der Waals surface area contributed by atoms with E-state index in [1.807, 2.05) is 0 Å². The number of fused-ring (bicyclic) bond motifs is 1. The summed E-state index contributed by atoms with van der Waals surface area (Å²) in [4.78, 5) is 0. The summed E-state index contributed by atoms with van der Waals surface area (Å²) in [6.07, 6.45) is 2.44. The lowest BCUT2D eigenvalue weighted by Gasteiger charge is -2.27. The second-order valence-electron chi connectivity index (χ2n) is 7.95. The van der Waals surface area contributed by atoms with Crippen LogP contribution in [0, 0.1) is 0 Å². The predicted molar refractivity (Wildman–Crippen MR) is 111 cm³/mol. The first-order chi connectivity index (χ1) is 12.1. The quantitative estimate of drug-likeness (QED) is 0.504. The average molecular weight is 339 g/mol. The zero-order valence-electron chi connectivity index (χ0n) is 15.0. The van der Waals surface area contributed by atoms with Crippen LogP contribution in [0.2, 0.25) is 13.1 Å². The van der Waals surface area contributed by atoms with Gasteiger partial charge in [-0.25, -0.2) is 0 Å². The van der Waals surface area contributed by atoms with Gasteiger partial charge in [-0.2, -0.15) is 0 Å². The molecule has 0 saturated heterocycles. The highest BCUT2D eigenvalue weighted by Gasteiger charge is 2.49. The minimum Gasteiger partial charge on any atom is -0.0675 e. The number of hydrogen-bond acceptors (Lipinski definition) is 0. The molecule has 0 nitrogen and oxygen atoms in total. The van der Waals surface area contributed by atoms with E-state index in [9.17, 15) is 0 Å². The van der Waals surface area contributed by atoms with Crippen LogP contribution in [0.5, 0.6) is 0 Å². The van der Waals surface area contributed by atoms with Gasteiger partial charge in [0.05, 0.1) is 8.07 Å². The van der Waals surface area contributed by atoms with Crippen molar-refractivity contribution in [2.45, 2.75) is 25.6 Å². The molecule has 1 aliphatic heterocycles. The lowest BCUT2D eigenvalue weighted by atomic mass is 9.91. The van der Waals surface area contributed by atoms with E-state index in [-0.39, 0.29) is 0 Å². The summed E-state index contributed by atoms with van der Waals surface area (Å²) in [5, 5.41) is 1.65. The summed E-state index contributed by atoms with van der Waals surface area (Å²) in [7, 11) is -1.63. The maximum atomic E-state index is 2.56. The fraction of sp³-hybridized carbons (Fsp3) is 0.167. The van der Waals surface area contributed by atoms with Crippen molar-refractivity contribution in [2.75, 3.05) is 0 Å². The summed E-state index contributed by atoms with van der Waals surface area (Å²) in [5.41, 5.74) is 11.0. The summed E-state index contributed by atoms with van der Waals surface area (Å²) in [6, 6.07) is 24.4. The Bertz CT molecular complexity index is 1010. The molecule has 0 aromatic heterocycles. The molecule has 2 aliphatic rings. The van der Waals surface area contributed by atoms with E-state index < -0.39 is 8.07 Å². The molecule has 1 aliphatic carbocycles. The molecule has 0 amide bonds. The Hall–Kier alpha value is -2.38. The van der Waals surface area contributed by atoms with Crippen LogP contribution in [0.1, 0.15) is 23.6 Å². The van der Waals surface area contributed by atoms with E-state index in [4.69, 9.17) is 0 Å². The van der Waals surface area contributed by atoms with Crippen molar-refractivity contribution < 1.29 is 0 Å². The van der Waals surface area contributed by atoms with Crippen LogP contribution in [0.25, 0.3) is 28.3 Å². The van der Waals surface area contributed by atoms with Gasteiger partial charge < -0.3 is 0 Å². The first kappa shape index (κ1) is 14.9. The Balaban J connectivity index is 1.91. The molecule has 1 atom stereocenters. The molecule has 25 heavy (non-hydrogen) atoms. The molecular formula is C24H22Si. The summed E-state index contributed by atoms with van der Waals surface area (Å²) in [5.74, 6) is 0. The fourth-order valence-electron chi connectivity index (χ4n) is 5.20. The van der Waals surface area contributed by atoms with Crippen LogP contribution in [0.15, 0.2) is 72.3 Å². The van der Waals surface area contributed by atoms with Crippen molar-refractivity contribution in [1.82, 2.24) is 0 Å². The van der Waals surface area contributed by atoms with Gasteiger partial charge in [0.2, 0.25) is 0 Å². The van der Waals surface area contributed by atoms with Gasteiger partial charge in [0.1, 0.15) is 0 Å². The third-order valence-corrected chi connectivity index (χ3v) is 10.0. The van der Waals surface area contributed by atoms with E-state index in [0.29, 0.717) is 5.54 Å². The summed E-state index contributed by atoms with van der Waals surface area (Å²) in [6.45, 7) is 7.45. The van der Waals surface area contributed by atoms with E-state index in [1.54, 1.807) is 16.3 Å². The molecule has 0 radical (unpaired) electrons. The van der Waals surface area contributed by atoms with Crippen LogP contribution >= 0.6 is 0 Å². The van der Waals surface area contributed by atoms with E-state index in [1.165, 1.54) is 27.8 Å². The molecule has 1 unspecified atom stereocenters. The van der Waals surface area contributed by atoms with Gasteiger partial charge in [0, 0.05) is 5.54 Å². The minimum atomic E-state index is -1.63. The molecule has 0 N–H and O–H groups in total. The third-order valence-electron chi connectivity index (χ3n) is 6.04. The number of hydrogen-bond donors (Lipinski definition) is 0. The second kappa shape index (κ2) is 5.06. The summed E-state index contributed by atoms with van der Waals surface area (Å²) >= 11 is 0. The fourth-order valence-corrected chi connectivity index (χ4v) is 9.58. The van der Waals surface area contributed by atoms with Gasteiger partial charge in [-0.3, -0.25) is 0 Å². The maximum Gasteiger partial charge on any atom is 0.0939 e. The molecule has 0 spiro atoms. The van der Waals surface area contributed by atoms with Gasteiger partial charge in [-0.05, 0) is 51.6 Å². The van der Waals surface area contributed by atoms with Crippen LogP contribution in [0.3, 0.4) is 0 Å². The highest BCUT2D eigenvalue weighted by atomic mass is 28.3. The molecule has 2 bridgehead atoms. The number of rotatable bonds is 2. The first-order valence-electron chi connectivity index (χ1n) is 9.09. The van der Waals surface area contributed by atoms with E-state index >= 15 is 0 Å². The Morgan fingerprint density at radius 3 is 2.04 bits per heavy atom. The van der Waals surface area contributed by atoms with Crippen molar-refractivity contribution in [2.24, 2.45) is 0 Å². The van der Waals surface area contributed by atoms with Gasteiger partial charge in [0.15, 0.2) is 0 Å². The standard InChI is InChI=1S/C24H22Si/c1-16-14-19-15-20(17-10-6-4-7-11-17)24-21(18-12-8-5-9-13-18)22(19)23(16)25(24,2)3/h4-15,23H,1-3H3. The topological polar surface area (TPSA) is 0 Å². The molecule has 0 fully saturated rings. The SMILES string of the molecule is CC1=Cc2cc(-c3ccccc3)c3c(-c4ccccc4)c2C1[Si]3(C)C. The Kier molecular flexibility index (Phi) is 3.02. The monoisotopic (exact) mass is 338 g/mol. The maximum absolute atomic E-state index is 2.56. The van der Waals surface area contributed by atoms with Crippen molar-refractivity contribution in [3.8, 4) is 22.3 Å². The van der Waals surface area contributed by atoms with Crippen molar-refractivity contribution in [1.29, 1.82) is 0 Å². The molecule has 3 aromatic rings. The van der Waals surface area contributed by atoms with Crippen LogP contribution < -0.4 is 5.19 Å². The largest absolute Gasteiger partial charge is 0.0939 e. The lowest BCUT2D eigenvalue weighted by Crippen LogP contribution is -2.44. The normalized spacial score (nSPS) is 19.2. The van der Waals surface area contributed by atoms with Gasteiger partial charge in [0.25, 0.3) is 0 Å². The Morgan fingerprint density at radius 1 is 0.800 bits per heavy atom. The molecule has 0 saturated carbocycles. The van der Waals surface area contributed by atoms with E-state index in [0.717, 1.165) is 0 Å². The summed E-state index contributed by atoms with van der Waals surface area (Å²) < 4.78 is 0. The van der Waals surface area contributed by atoms with Crippen LogP contribution in [-0.4, -0.2) is 8.07 Å². The van der Waals surface area contributed by atoms with Crippen molar-refractivity contribution in [3.63, 3.8) is 0 Å². The zero-order chi connectivity index (χ0) is 17.2. The third kappa shape index (κ3) is 1.93. The Labute approximate surface area is 150 Å². The second-order valence-corrected chi connectivity index (χ2v) is 12.5. The van der Waals surface area contributed by atoms with Crippen LogP contribution in [0.4, 0.5) is 0 Å². The molecule has 122 valence electrons. The Morgan fingerprint density at radius 2 is 1.40 bits per heavy atom. The minimum absolute atomic E-state index is 0.644. The number of allylic oxidation sites excluding steroid dienone is 1.